The van der Waals surface area contributed by atoms with Crippen molar-refractivity contribution in [2.75, 3.05) is 6.54 Å². The highest BCUT2D eigenvalue weighted by atomic mass is 32.1. The Bertz CT molecular complexity index is 446. The number of H-pyrrole nitrogens is 1. The second-order valence-corrected chi connectivity index (χ2v) is 4.88. The number of nitrogens with one attached hydrogen (secondary N) is 2. The van der Waals surface area contributed by atoms with Gasteiger partial charge in [0.05, 0.1) is 0 Å². The normalized spacial score (nSPS) is 21.2. The predicted octanol–water partition coefficient (Wildman–Crippen LogP) is 2.12. The molecule has 0 saturated carbocycles. The Balaban J connectivity index is 2.41. The molecular formula is C11H17N3OS. The van der Waals surface area contributed by atoms with Crippen LogP contribution in [-0.2, 0) is 4.79 Å². The highest BCUT2D eigenvalue weighted by molar-refractivity contribution is 7.71. The van der Waals surface area contributed by atoms with Gasteiger partial charge in [-0.05, 0) is 31.0 Å². The number of hydrogen-bond acceptors (Lipinski definition) is 2. The van der Waals surface area contributed by atoms with Crippen molar-refractivity contribution in [2.45, 2.75) is 38.6 Å². The molecule has 2 heterocycles. The lowest BCUT2D eigenvalue weighted by atomic mass is 10.0. The predicted molar refractivity (Wildman–Crippen MR) is 65.0 cm³/mol. The van der Waals surface area contributed by atoms with E-state index in [4.69, 9.17) is 12.2 Å². The Kier molecular flexibility index (Phi) is 3.14. The zero-order valence-corrected chi connectivity index (χ0v) is 10.4. The maximum atomic E-state index is 11.8. The van der Waals surface area contributed by atoms with Crippen molar-refractivity contribution in [3.63, 3.8) is 0 Å². The zero-order chi connectivity index (χ0) is 11.7. The summed E-state index contributed by atoms with van der Waals surface area (Å²) in [5.74, 6) is 0.450. The summed E-state index contributed by atoms with van der Waals surface area (Å²) in [5.41, 5.74) is 1.10. The minimum atomic E-state index is -0.134. The molecule has 0 aromatic carbocycles. The van der Waals surface area contributed by atoms with Crippen molar-refractivity contribution in [3.05, 3.63) is 16.7 Å². The summed E-state index contributed by atoms with van der Waals surface area (Å²) in [7, 11) is 0. The fourth-order valence-electron chi connectivity index (χ4n) is 2.16. The van der Waals surface area contributed by atoms with Crippen LogP contribution in [0.15, 0.2) is 6.20 Å². The van der Waals surface area contributed by atoms with E-state index >= 15 is 0 Å². The van der Waals surface area contributed by atoms with Crippen LogP contribution in [0.1, 0.15) is 44.3 Å². The monoisotopic (exact) mass is 239 g/mol. The highest BCUT2D eigenvalue weighted by Gasteiger charge is 2.26. The quantitative estimate of drug-likeness (QED) is 0.777. The fourth-order valence-corrected chi connectivity index (χ4v) is 2.45. The van der Waals surface area contributed by atoms with E-state index in [9.17, 15) is 4.79 Å². The van der Waals surface area contributed by atoms with Gasteiger partial charge in [0, 0.05) is 18.4 Å². The van der Waals surface area contributed by atoms with Gasteiger partial charge in [-0.15, -0.1) is 0 Å². The first-order valence-electron chi connectivity index (χ1n) is 5.68. The van der Waals surface area contributed by atoms with Crippen LogP contribution in [-0.4, -0.2) is 22.0 Å². The van der Waals surface area contributed by atoms with Gasteiger partial charge < -0.3 is 14.9 Å². The van der Waals surface area contributed by atoms with Crippen LogP contribution >= 0.6 is 12.2 Å². The average molecular weight is 239 g/mol. The molecule has 5 heteroatoms. The van der Waals surface area contributed by atoms with Crippen LogP contribution in [0.25, 0.3) is 0 Å². The van der Waals surface area contributed by atoms with Crippen LogP contribution in [0.4, 0.5) is 0 Å². The standard InChI is InChI=1S/C11H17N3OS/c1-7(2)9-6-13-11(16)14(9)8-4-3-5-12-10(8)15/h6-8H,3-5H2,1-2H3,(H,12,15)(H,13,16). The maximum Gasteiger partial charge on any atom is 0.243 e. The smallest absolute Gasteiger partial charge is 0.243 e. The lowest BCUT2D eigenvalue weighted by Gasteiger charge is -2.25. The van der Waals surface area contributed by atoms with E-state index in [0.29, 0.717) is 10.7 Å². The molecule has 0 spiro atoms. The molecule has 1 fully saturated rings. The molecule has 1 saturated heterocycles. The van der Waals surface area contributed by atoms with Gasteiger partial charge in [0.25, 0.3) is 0 Å². The summed E-state index contributed by atoms with van der Waals surface area (Å²) in [6, 6.07) is -0.134. The van der Waals surface area contributed by atoms with E-state index in [1.165, 1.54) is 0 Å². The molecular weight excluding hydrogens is 222 g/mol. The lowest BCUT2D eigenvalue weighted by Crippen LogP contribution is -2.38. The molecule has 1 aromatic rings. The summed E-state index contributed by atoms with van der Waals surface area (Å²) < 4.78 is 2.61. The molecule has 16 heavy (non-hydrogen) atoms. The fraction of sp³-hybridized carbons (Fsp3) is 0.636. The van der Waals surface area contributed by atoms with E-state index < -0.39 is 0 Å². The number of rotatable bonds is 2. The number of nitrogens with zero attached hydrogens (tertiary/aromatic N) is 1. The van der Waals surface area contributed by atoms with E-state index in [0.717, 1.165) is 25.1 Å². The van der Waals surface area contributed by atoms with Crippen LogP contribution in [0.2, 0.25) is 0 Å². The molecule has 88 valence electrons. The van der Waals surface area contributed by atoms with Crippen molar-refractivity contribution in [3.8, 4) is 0 Å². The molecule has 2 rings (SSSR count). The SMILES string of the molecule is CC(C)c1c[nH]c(=S)n1C1CCCNC1=O. The Labute approximate surface area is 100 Å². The van der Waals surface area contributed by atoms with Crippen molar-refractivity contribution >= 4 is 18.1 Å². The number of aromatic nitrogens is 2. The average Bonchev–Trinajstić information content (AvgIpc) is 2.61. The van der Waals surface area contributed by atoms with E-state index in [2.05, 4.69) is 24.1 Å². The van der Waals surface area contributed by atoms with Gasteiger partial charge in [-0.3, -0.25) is 4.79 Å². The second kappa shape index (κ2) is 4.41. The molecule has 1 atom stereocenters. The maximum absolute atomic E-state index is 11.8. The van der Waals surface area contributed by atoms with Crippen molar-refractivity contribution in [2.24, 2.45) is 0 Å². The van der Waals surface area contributed by atoms with Crippen molar-refractivity contribution in [1.29, 1.82) is 0 Å². The first-order chi connectivity index (χ1) is 7.61. The summed E-state index contributed by atoms with van der Waals surface area (Å²) >= 11 is 5.25. The molecule has 1 unspecified atom stereocenters. The van der Waals surface area contributed by atoms with Gasteiger partial charge in [0.1, 0.15) is 6.04 Å². The van der Waals surface area contributed by atoms with Gasteiger partial charge in [0.2, 0.25) is 5.91 Å². The Morgan fingerprint density at radius 2 is 2.31 bits per heavy atom. The third kappa shape index (κ3) is 1.91. The highest BCUT2D eigenvalue weighted by Crippen LogP contribution is 2.24. The van der Waals surface area contributed by atoms with Gasteiger partial charge in [-0.2, -0.15) is 0 Å². The topological polar surface area (TPSA) is 49.8 Å². The summed E-state index contributed by atoms with van der Waals surface area (Å²) in [4.78, 5) is 14.9. The molecule has 1 aliphatic rings. The van der Waals surface area contributed by atoms with Gasteiger partial charge >= 0.3 is 0 Å². The Morgan fingerprint density at radius 3 is 2.94 bits per heavy atom. The number of amides is 1. The minimum Gasteiger partial charge on any atom is -0.354 e. The molecule has 1 aromatic heterocycles. The van der Waals surface area contributed by atoms with E-state index in [1.807, 2.05) is 10.8 Å². The van der Waals surface area contributed by atoms with Crippen LogP contribution < -0.4 is 5.32 Å². The molecule has 1 amide bonds. The van der Waals surface area contributed by atoms with Crippen LogP contribution in [0.5, 0.6) is 0 Å². The summed E-state index contributed by atoms with van der Waals surface area (Å²) in [6.45, 7) is 4.99. The van der Waals surface area contributed by atoms with Gasteiger partial charge in [-0.1, -0.05) is 13.8 Å². The molecule has 2 N–H and O–H groups in total. The third-order valence-corrected chi connectivity index (χ3v) is 3.31. The van der Waals surface area contributed by atoms with Crippen LogP contribution in [0.3, 0.4) is 0 Å². The second-order valence-electron chi connectivity index (χ2n) is 4.49. The summed E-state index contributed by atoms with van der Waals surface area (Å²) in [6.07, 6.45) is 3.80. The molecule has 4 nitrogen and oxygen atoms in total. The van der Waals surface area contributed by atoms with E-state index in [-0.39, 0.29) is 11.9 Å². The van der Waals surface area contributed by atoms with Gasteiger partial charge in [0.15, 0.2) is 4.77 Å². The first kappa shape index (κ1) is 11.4. The number of aromatic amines is 1. The third-order valence-electron chi connectivity index (χ3n) is 3.00. The number of hydrogen-bond donors (Lipinski definition) is 2. The number of imidazole rings is 1. The number of piperidine rings is 1. The molecule has 0 aliphatic carbocycles. The largest absolute Gasteiger partial charge is 0.354 e. The Morgan fingerprint density at radius 1 is 1.56 bits per heavy atom. The van der Waals surface area contributed by atoms with Crippen molar-refractivity contribution in [1.82, 2.24) is 14.9 Å². The molecule has 1 aliphatic heterocycles. The number of carbonyl (C=O) groups excluding carboxylic acids is 1. The zero-order valence-electron chi connectivity index (χ0n) is 9.62. The van der Waals surface area contributed by atoms with Crippen LogP contribution in [0, 0.1) is 4.77 Å². The molecule has 0 bridgehead atoms. The number of carbonyl (C=O) groups is 1. The minimum absolute atomic E-state index is 0.0869. The van der Waals surface area contributed by atoms with E-state index in [1.54, 1.807) is 0 Å². The Hall–Kier alpha value is -1.10. The van der Waals surface area contributed by atoms with Gasteiger partial charge in [-0.25, -0.2) is 0 Å². The summed E-state index contributed by atoms with van der Waals surface area (Å²) in [5, 5.41) is 2.89. The lowest BCUT2D eigenvalue weighted by molar-refractivity contribution is -0.125. The molecule has 0 radical (unpaired) electrons. The van der Waals surface area contributed by atoms with Crippen molar-refractivity contribution < 1.29 is 4.79 Å². The first-order valence-corrected chi connectivity index (χ1v) is 6.09.